The molecule has 0 aliphatic carbocycles. The fraction of sp³-hybridized carbons (Fsp3) is 0.625. The molecule has 2 aliphatic heterocycles. The van der Waals surface area contributed by atoms with E-state index >= 15 is 0 Å². The van der Waals surface area contributed by atoms with Crippen LogP contribution >= 0.6 is 11.8 Å². The Morgan fingerprint density at radius 3 is 2.48 bits per heavy atom. The van der Waals surface area contributed by atoms with Gasteiger partial charge >= 0.3 is 0 Å². The highest BCUT2D eigenvalue weighted by molar-refractivity contribution is 7.99. The SMILES string of the molecule is O=C(C1CCN(Cc2ccncc2)CC1)N1CCSCC1. The van der Waals surface area contributed by atoms with Crippen LogP contribution in [0.3, 0.4) is 0 Å². The maximum absolute atomic E-state index is 12.5. The number of piperidine rings is 1. The highest BCUT2D eigenvalue weighted by atomic mass is 32.2. The van der Waals surface area contributed by atoms with Crippen LogP contribution in [0.2, 0.25) is 0 Å². The average Bonchev–Trinajstić information content (AvgIpc) is 2.57. The number of rotatable bonds is 3. The van der Waals surface area contributed by atoms with Crippen LogP contribution in [0.1, 0.15) is 18.4 Å². The second-order valence-corrected chi connectivity index (χ2v) is 7.07. The first kappa shape index (κ1) is 14.9. The summed E-state index contributed by atoms with van der Waals surface area (Å²) in [5, 5.41) is 0. The number of hydrogen-bond acceptors (Lipinski definition) is 4. The lowest BCUT2D eigenvalue weighted by molar-refractivity contribution is -0.136. The van der Waals surface area contributed by atoms with E-state index in [9.17, 15) is 4.79 Å². The van der Waals surface area contributed by atoms with Crippen LogP contribution in [0, 0.1) is 5.92 Å². The lowest BCUT2D eigenvalue weighted by Gasteiger charge is -2.35. The molecule has 2 saturated heterocycles. The summed E-state index contributed by atoms with van der Waals surface area (Å²) in [6.07, 6.45) is 5.71. The molecule has 4 nitrogen and oxygen atoms in total. The zero-order chi connectivity index (χ0) is 14.5. The topological polar surface area (TPSA) is 36.4 Å². The van der Waals surface area contributed by atoms with E-state index in [1.54, 1.807) is 0 Å². The van der Waals surface area contributed by atoms with Gasteiger partial charge in [0.15, 0.2) is 0 Å². The molecule has 21 heavy (non-hydrogen) atoms. The van der Waals surface area contributed by atoms with Gasteiger partial charge in [0.1, 0.15) is 0 Å². The zero-order valence-corrected chi connectivity index (χ0v) is 13.2. The summed E-state index contributed by atoms with van der Waals surface area (Å²) >= 11 is 1.96. The van der Waals surface area contributed by atoms with Crippen LogP contribution in [0.25, 0.3) is 0 Å². The molecule has 0 bridgehead atoms. The molecule has 0 unspecified atom stereocenters. The van der Waals surface area contributed by atoms with E-state index in [2.05, 4.69) is 26.9 Å². The molecular formula is C16H23N3OS. The van der Waals surface area contributed by atoms with E-state index in [0.29, 0.717) is 5.91 Å². The van der Waals surface area contributed by atoms with Crippen molar-refractivity contribution in [3.05, 3.63) is 30.1 Å². The van der Waals surface area contributed by atoms with Gasteiger partial charge in [0, 0.05) is 49.5 Å². The standard InChI is InChI=1S/C16H23N3OS/c20-16(19-9-11-21-12-10-19)15-3-7-18(8-4-15)13-14-1-5-17-6-2-14/h1-2,5-6,15H,3-4,7-13H2. The van der Waals surface area contributed by atoms with Crippen LogP contribution < -0.4 is 0 Å². The van der Waals surface area contributed by atoms with Crippen molar-refractivity contribution in [2.45, 2.75) is 19.4 Å². The lowest BCUT2D eigenvalue weighted by Crippen LogP contribution is -2.45. The summed E-state index contributed by atoms with van der Waals surface area (Å²) in [6, 6.07) is 4.14. The number of aromatic nitrogens is 1. The molecule has 0 spiro atoms. The van der Waals surface area contributed by atoms with Crippen molar-refractivity contribution in [3.63, 3.8) is 0 Å². The van der Waals surface area contributed by atoms with Gasteiger partial charge < -0.3 is 4.90 Å². The Labute approximate surface area is 130 Å². The third-order valence-corrected chi connectivity index (χ3v) is 5.36. The Hall–Kier alpha value is -1.07. The van der Waals surface area contributed by atoms with Gasteiger partial charge in [0.25, 0.3) is 0 Å². The van der Waals surface area contributed by atoms with Gasteiger partial charge in [0.2, 0.25) is 5.91 Å². The first-order valence-electron chi connectivity index (χ1n) is 7.81. The molecule has 0 radical (unpaired) electrons. The Kier molecular flexibility index (Phi) is 5.14. The van der Waals surface area contributed by atoms with Crippen molar-refractivity contribution in [2.75, 3.05) is 37.7 Å². The maximum Gasteiger partial charge on any atom is 0.225 e. The normalized spacial score (nSPS) is 21.4. The fourth-order valence-corrected chi connectivity index (χ4v) is 4.03. The third kappa shape index (κ3) is 3.98. The number of hydrogen-bond donors (Lipinski definition) is 0. The second-order valence-electron chi connectivity index (χ2n) is 5.84. The highest BCUT2D eigenvalue weighted by Crippen LogP contribution is 2.22. The molecular weight excluding hydrogens is 282 g/mol. The molecule has 2 aliphatic rings. The van der Waals surface area contributed by atoms with Crippen LogP contribution in [-0.2, 0) is 11.3 Å². The predicted octanol–water partition coefficient (Wildman–Crippen LogP) is 1.87. The highest BCUT2D eigenvalue weighted by Gasteiger charge is 2.29. The minimum absolute atomic E-state index is 0.252. The van der Waals surface area contributed by atoms with Crippen LogP contribution in [0.4, 0.5) is 0 Å². The Morgan fingerprint density at radius 1 is 1.14 bits per heavy atom. The minimum Gasteiger partial charge on any atom is -0.341 e. The van der Waals surface area contributed by atoms with E-state index in [4.69, 9.17) is 0 Å². The number of nitrogens with zero attached hydrogens (tertiary/aromatic N) is 3. The number of amides is 1. The van der Waals surface area contributed by atoms with Gasteiger partial charge in [-0.3, -0.25) is 14.7 Å². The molecule has 1 amide bonds. The average molecular weight is 305 g/mol. The van der Waals surface area contributed by atoms with Crippen molar-refractivity contribution in [3.8, 4) is 0 Å². The van der Waals surface area contributed by atoms with Crippen molar-refractivity contribution in [2.24, 2.45) is 5.92 Å². The Balaban J connectivity index is 1.47. The predicted molar refractivity (Wildman–Crippen MR) is 86.1 cm³/mol. The third-order valence-electron chi connectivity index (χ3n) is 4.42. The minimum atomic E-state index is 0.252. The first-order chi connectivity index (χ1) is 10.3. The molecule has 2 fully saturated rings. The molecule has 5 heteroatoms. The Bertz CT molecular complexity index is 454. The van der Waals surface area contributed by atoms with E-state index in [1.807, 2.05) is 24.2 Å². The number of likely N-dealkylation sites (tertiary alicyclic amines) is 1. The van der Waals surface area contributed by atoms with Crippen molar-refractivity contribution in [1.29, 1.82) is 0 Å². The summed E-state index contributed by atoms with van der Waals surface area (Å²) in [6.45, 7) is 4.92. The smallest absolute Gasteiger partial charge is 0.225 e. The van der Waals surface area contributed by atoms with Gasteiger partial charge in [-0.25, -0.2) is 0 Å². The molecule has 3 heterocycles. The lowest BCUT2D eigenvalue weighted by atomic mass is 9.95. The van der Waals surface area contributed by atoms with Crippen LogP contribution in [0.15, 0.2) is 24.5 Å². The van der Waals surface area contributed by atoms with E-state index in [0.717, 1.165) is 57.1 Å². The second kappa shape index (κ2) is 7.27. The summed E-state index contributed by atoms with van der Waals surface area (Å²) in [5.74, 6) is 2.86. The number of thioether (sulfide) groups is 1. The molecule has 0 N–H and O–H groups in total. The van der Waals surface area contributed by atoms with Crippen molar-refractivity contribution >= 4 is 17.7 Å². The number of carbonyl (C=O) groups excluding carboxylic acids is 1. The van der Waals surface area contributed by atoms with Gasteiger partial charge in [0.05, 0.1) is 0 Å². The largest absolute Gasteiger partial charge is 0.341 e. The summed E-state index contributed by atoms with van der Waals surface area (Å²) < 4.78 is 0. The monoisotopic (exact) mass is 305 g/mol. The Morgan fingerprint density at radius 2 is 1.81 bits per heavy atom. The van der Waals surface area contributed by atoms with Gasteiger partial charge in [-0.05, 0) is 43.6 Å². The number of carbonyl (C=O) groups is 1. The molecule has 114 valence electrons. The van der Waals surface area contributed by atoms with Gasteiger partial charge in [-0.1, -0.05) is 0 Å². The molecule has 1 aromatic heterocycles. The maximum atomic E-state index is 12.5. The van der Waals surface area contributed by atoms with Crippen LogP contribution in [0.5, 0.6) is 0 Å². The van der Waals surface area contributed by atoms with Crippen molar-refractivity contribution < 1.29 is 4.79 Å². The van der Waals surface area contributed by atoms with Crippen LogP contribution in [-0.4, -0.2) is 58.4 Å². The molecule has 1 aromatic rings. The summed E-state index contributed by atoms with van der Waals surface area (Å²) in [7, 11) is 0. The van der Waals surface area contributed by atoms with E-state index < -0.39 is 0 Å². The summed E-state index contributed by atoms with van der Waals surface area (Å²) in [5.41, 5.74) is 1.31. The fourth-order valence-electron chi connectivity index (χ4n) is 3.13. The molecule has 0 aromatic carbocycles. The van der Waals surface area contributed by atoms with Gasteiger partial charge in [-0.15, -0.1) is 0 Å². The summed E-state index contributed by atoms with van der Waals surface area (Å²) in [4.78, 5) is 21.1. The quantitative estimate of drug-likeness (QED) is 0.854. The first-order valence-corrected chi connectivity index (χ1v) is 8.96. The van der Waals surface area contributed by atoms with E-state index in [-0.39, 0.29) is 5.92 Å². The number of pyridine rings is 1. The molecule has 0 saturated carbocycles. The zero-order valence-electron chi connectivity index (χ0n) is 12.4. The van der Waals surface area contributed by atoms with Gasteiger partial charge in [-0.2, -0.15) is 11.8 Å². The van der Waals surface area contributed by atoms with E-state index in [1.165, 1.54) is 5.56 Å². The molecule has 0 atom stereocenters. The van der Waals surface area contributed by atoms with Crippen molar-refractivity contribution in [1.82, 2.24) is 14.8 Å². The molecule has 3 rings (SSSR count).